The van der Waals surface area contributed by atoms with Gasteiger partial charge in [0.1, 0.15) is 16.2 Å². The Morgan fingerprint density at radius 1 is 1.21 bits per heavy atom. The van der Waals surface area contributed by atoms with Crippen molar-refractivity contribution in [2.75, 3.05) is 18.0 Å². The van der Waals surface area contributed by atoms with Gasteiger partial charge in [-0.2, -0.15) is 0 Å². The van der Waals surface area contributed by atoms with Crippen molar-refractivity contribution in [1.29, 1.82) is 0 Å². The molecule has 1 aromatic rings. The predicted octanol–water partition coefficient (Wildman–Crippen LogP) is 3.99. The minimum absolute atomic E-state index is 0.376. The summed E-state index contributed by atoms with van der Waals surface area (Å²) in [5.74, 6) is 4.19. The van der Waals surface area contributed by atoms with Gasteiger partial charge in [0.15, 0.2) is 0 Å². The van der Waals surface area contributed by atoms with Crippen LogP contribution in [0, 0.1) is 11.8 Å². The molecule has 4 heteroatoms. The second kappa shape index (κ2) is 5.39. The van der Waals surface area contributed by atoms with Crippen molar-refractivity contribution in [3.63, 3.8) is 0 Å². The first-order valence-corrected chi connectivity index (χ1v) is 8.20. The Balaban J connectivity index is 1.85. The molecule has 2 atom stereocenters. The Kier molecular flexibility index (Phi) is 3.79. The average molecular weight is 324 g/mol. The van der Waals surface area contributed by atoms with Gasteiger partial charge in [0, 0.05) is 25.1 Å². The van der Waals surface area contributed by atoms with Gasteiger partial charge in [-0.15, -0.1) is 0 Å². The SMILES string of the molecule is CC(C)c1nc(Br)cc(N2CC3CCCC(C3)C2)n1. The first kappa shape index (κ1) is 13.3. The van der Waals surface area contributed by atoms with E-state index in [0.29, 0.717) is 5.92 Å². The third kappa shape index (κ3) is 2.93. The zero-order chi connectivity index (χ0) is 13.4. The smallest absolute Gasteiger partial charge is 0.134 e. The molecule has 0 radical (unpaired) electrons. The molecule has 0 N–H and O–H groups in total. The van der Waals surface area contributed by atoms with E-state index in [2.05, 4.69) is 45.7 Å². The maximum absolute atomic E-state index is 4.77. The van der Waals surface area contributed by atoms with Crippen LogP contribution in [-0.2, 0) is 0 Å². The second-order valence-electron chi connectivity index (χ2n) is 6.37. The highest BCUT2D eigenvalue weighted by Gasteiger charge is 2.31. The van der Waals surface area contributed by atoms with Gasteiger partial charge in [-0.25, -0.2) is 9.97 Å². The van der Waals surface area contributed by atoms with Gasteiger partial charge < -0.3 is 4.90 Å². The largest absolute Gasteiger partial charge is 0.356 e. The Bertz CT molecular complexity index is 449. The minimum Gasteiger partial charge on any atom is -0.356 e. The lowest BCUT2D eigenvalue weighted by Crippen LogP contribution is -2.43. The van der Waals surface area contributed by atoms with Gasteiger partial charge >= 0.3 is 0 Å². The molecule has 1 aliphatic heterocycles. The summed E-state index contributed by atoms with van der Waals surface area (Å²) in [6, 6.07) is 2.08. The molecule has 2 fully saturated rings. The zero-order valence-corrected chi connectivity index (χ0v) is 13.4. The predicted molar refractivity (Wildman–Crippen MR) is 81.5 cm³/mol. The standard InChI is InChI=1S/C15H22BrN3/c1-10(2)15-17-13(16)7-14(18-15)19-8-11-4-3-5-12(6-11)9-19/h7,10-12H,3-6,8-9H2,1-2H3. The van der Waals surface area contributed by atoms with Gasteiger partial charge in [-0.3, -0.25) is 0 Å². The number of fused-ring (bicyclic) bond motifs is 2. The van der Waals surface area contributed by atoms with Crippen molar-refractivity contribution in [2.45, 2.75) is 45.4 Å². The molecule has 1 saturated heterocycles. The molecule has 3 rings (SSSR count). The van der Waals surface area contributed by atoms with Crippen LogP contribution in [0.25, 0.3) is 0 Å². The molecule has 0 amide bonds. The molecule has 104 valence electrons. The Morgan fingerprint density at radius 3 is 2.53 bits per heavy atom. The molecular weight excluding hydrogens is 302 g/mol. The topological polar surface area (TPSA) is 29.0 Å². The Hall–Kier alpha value is -0.640. The first-order chi connectivity index (χ1) is 9.11. The fourth-order valence-electron chi connectivity index (χ4n) is 3.46. The van der Waals surface area contributed by atoms with Crippen molar-refractivity contribution < 1.29 is 0 Å². The summed E-state index contributed by atoms with van der Waals surface area (Å²) in [6.45, 7) is 6.65. The molecule has 19 heavy (non-hydrogen) atoms. The van der Waals surface area contributed by atoms with Gasteiger partial charge in [-0.05, 0) is 47.0 Å². The molecule has 1 aromatic heterocycles. The molecule has 2 unspecified atom stereocenters. The van der Waals surface area contributed by atoms with Crippen molar-refractivity contribution in [3.8, 4) is 0 Å². The zero-order valence-electron chi connectivity index (χ0n) is 11.8. The van der Waals surface area contributed by atoms with Gasteiger partial charge in [0.2, 0.25) is 0 Å². The van der Waals surface area contributed by atoms with E-state index in [-0.39, 0.29) is 0 Å². The molecular formula is C15H22BrN3. The van der Waals surface area contributed by atoms with E-state index in [1.54, 1.807) is 0 Å². The highest BCUT2D eigenvalue weighted by Crippen LogP contribution is 2.36. The lowest BCUT2D eigenvalue weighted by atomic mass is 9.78. The minimum atomic E-state index is 0.376. The number of rotatable bonds is 2. The van der Waals surface area contributed by atoms with Crippen LogP contribution in [0.2, 0.25) is 0 Å². The van der Waals surface area contributed by atoms with E-state index >= 15 is 0 Å². The van der Waals surface area contributed by atoms with E-state index in [0.717, 1.165) is 28.1 Å². The lowest BCUT2D eigenvalue weighted by Gasteiger charge is -2.42. The van der Waals surface area contributed by atoms with Crippen molar-refractivity contribution in [3.05, 3.63) is 16.5 Å². The highest BCUT2D eigenvalue weighted by molar-refractivity contribution is 9.10. The Morgan fingerprint density at radius 2 is 1.89 bits per heavy atom. The van der Waals surface area contributed by atoms with Gasteiger partial charge in [-0.1, -0.05) is 20.3 Å². The van der Waals surface area contributed by atoms with Crippen LogP contribution in [0.3, 0.4) is 0 Å². The van der Waals surface area contributed by atoms with Crippen LogP contribution >= 0.6 is 15.9 Å². The summed E-state index contributed by atoms with van der Waals surface area (Å²) in [5, 5.41) is 0. The normalized spacial score (nSPS) is 26.8. The Labute approximate surface area is 124 Å². The number of aromatic nitrogens is 2. The van der Waals surface area contributed by atoms with Crippen molar-refractivity contribution in [2.24, 2.45) is 11.8 Å². The lowest BCUT2D eigenvalue weighted by molar-refractivity contribution is 0.230. The van der Waals surface area contributed by atoms with Crippen LogP contribution in [0.4, 0.5) is 5.82 Å². The summed E-state index contributed by atoms with van der Waals surface area (Å²) in [5.41, 5.74) is 0. The van der Waals surface area contributed by atoms with Crippen LogP contribution in [0.1, 0.15) is 51.3 Å². The quantitative estimate of drug-likeness (QED) is 0.770. The van der Waals surface area contributed by atoms with E-state index in [1.165, 1.54) is 38.8 Å². The van der Waals surface area contributed by atoms with Crippen molar-refractivity contribution in [1.82, 2.24) is 9.97 Å². The first-order valence-electron chi connectivity index (χ1n) is 7.41. The summed E-state index contributed by atoms with van der Waals surface area (Å²) in [6.07, 6.45) is 5.65. The molecule has 1 aliphatic carbocycles. The number of nitrogens with zero attached hydrogens (tertiary/aromatic N) is 3. The summed E-state index contributed by atoms with van der Waals surface area (Å²) in [7, 11) is 0. The second-order valence-corrected chi connectivity index (χ2v) is 7.18. The number of anilines is 1. The van der Waals surface area contributed by atoms with Crippen LogP contribution < -0.4 is 4.90 Å². The summed E-state index contributed by atoms with van der Waals surface area (Å²) >= 11 is 3.53. The maximum Gasteiger partial charge on any atom is 0.134 e. The molecule has 1 saturated carbocycles. The highest BCUT2D eigenvalue weighted by atomic mass is 79.9. The van der Waals surface area contributed by atoms with Gasteiger partial charge in [0.25, 0.3) is 0 Å². The fourth-order valence-corrected chi connectivity index (χ4v) is 3.85. The summed E-state index contributed by atoms with van der Waals surface area (Å²) in [4.78, 5) is 11.7. The number of piperidine rings is 1. The van der Waals surface area contributed by atoms with E-state index in [9.17, 15) is 0 Å². The van der Waals surface area contributed by atoms with E-state index in [1.807, 2.05) is 0 Å². The molecule has 2 bridgehead atoms. The number of halogens is 1. The fraction of sp³-hybridized carbons (Fsp3) is 0.733. The van der Waals surface area contributed by atoms with Crippen LogP contribution in [0.15, 0.2) is 10.7 Å². The van der Waals surface area contributed by atoms with Crippen LogP contribution in [-0.4, -0.2) is 23.1 Å². The van der Waals surface area contributed by atoms with Gasteiger partial charge in [0.05, 0.1) is 0 Å². The number of hydrogen-bond donors (Lipinski definition) is 0. The molecule has 0 spiro atoms. The van der Waals surface area contributed by atoms with E-state index in [4.69, 9.17) is 4.98 Å². The van der Waals surface area contributed by atoms with Crippen LogP contribution in [0.5, 0.6) is 0 Å². The summed E-state index contributed by atoms with van der Waals surface area (Å²) < 4.78 is 0.914. The van der Waals surface area contributed by atoms with Crippen molar-refractivity contribution >= 4 is 21.7 Å². The molecule has 2 heterocycles. The molecule has 2 aliphatic rings. The number of hydrogen-bond acceptors (Lipinski definition) is 3. The third-order valence-electron chi connectivity index (χ3n) is 4.39. The van der Waals surface area contributed by atoms with E-state index < -0.39 is 0 Å². The maximum atomic E-state index is 4.77. The molecule has 0 aromatic carbocycles. The third-order valence-corrected chi connectivity index (χ3v) is 4.79. The average Bonchev–Trinajstić information content (AvgIpc) is 2.37. The monoisotopic (exact) mass is 323 g/mol. The molecule has 3 nitrogen and oxygen atoms in total.